The molecule has 0 aliphatic carbocycles. The number of fused-ring (bicyclic) bond motifs is 1. The molecule has 0 radical (unpaired) electrons. The second-order valence-electron chi connectivity index (χ2n) is 9.15. The van der Waals surface area contributed by atoms with Gasteiger partial charge in [-0.1, -0.05) is 24.6 Å². The van der Waals surface area contributed by atoms with E-state index in [4.69, 9.17) is 16.6 Å². The number of carbonyl (C=O) groups excluding carboxylic acids is 1. The molecule has 2 fully saturated rings. The van der Waals surface area contributed by atoms with Gasteiger partial charge >= 0.3 is 0 Å². The van der Waals surface area contributed by atoms with Crippen LogP contribution in [0, 0.1) is 0 Å². The minimum atomic E-state index is 0.125. The van der Waals surface area contributed by atoms with E-state index in [2.05, 4.69) is 39.8 Å². The van der Waals surface area contributed by atoms with Crippen LogP contribution < -0.4 is 9.80 Å². The Morgan fingerprint density at radius 1 is 0.882 bits per heavy atom. The van der Waals surface area contributed by atoms with Gasteiger partial charge in [-0.2, -0.15) is 0 Å². The molecule has 178 valence electrons. The summed E-state index contributed by atoms with van der Waals surface area (Å²) in [5.41, 5.74) is 1.95. The molecule has 7 heteroatoms. The summed E-state index contributed by atoms with van der Waals surface area (Å²) >= 11 is 6.05. The van der Waals surface area contributed by atoms with Crippen molar-refractivity contribution in [2.75, 3.05) is 68.7 Å². The van der Waals surface area contributed by atoms with Gasteiger partial charge in [0.15, 0.2) is 0 Å². The lowest BCUT2D eigenvalue weighted by molar-refractivity contribution is 0.0637. The van der Waals surface area contributed by atoms with Crippen molar-refractivity contribution in [3.8, 4) is 0 Å². The Bertz CT molecular complexity index is 1140. The lowest BCUT2D eigenvalue weighted by Crippen LogP contribution is -2.48. The number of piperazine rings is 2. The minimum Gasteiger partial charge on any atom is -0.368 e. The highest BCUT2D eigenvalue weighted by atomic mass is 35.5. The SMILES string of the molecule is CCCN1CCN(C(=O)c2ccc3ccnc(N4CCN(c5ccc(Cl)cc5)CC4)c3c2)CC1. The average Bonchev–Trinajstić information content (AvgIpc) is 2.89. The summed E-state index contributed by atoms with van der Waals surface area (Å²) < 4.78 is 0. The molecular formula is C27H32ClN5O. The third kappa shape index (κ3) is 4.84. The zero-order chi connectivity index (χ0) is 23.5. The predicted molar refractivity (Wildman–Crippen MR) is 140 cm³/mol. The first-order valence-corrected chi connectivity index (χ1v) is 12.7. The van der Waals surface area contributed by atoms with Crippen LogP contribution in [0.2, 0.25) is 5.02 Å². The molecule has 2 aromatic carbocycles. The summed E-state index contributed by atoms with van der Waals surface area (Å²) in [7, 11) is 0. The molecule has 3 aromatic rings. The number of hydrogen-bond donors (Lipinski definition) is 0. The van der Waals surface area contributed by atoms with E-state index >= 15 is 0 Å². The molecule has 0 unspecified atom stereocenters. The summed E-state index contributed by atoms with van der Waals surface area (Å²) in [6.07, 6.45) is 3.03. The fourth-order valence-corrected chi connectivity index (χ4v) is 5.17. The molecule has 2 saturated heterocycles. The van der Waals surface area contributed by atoms with Gasteiger partial charge in [0.05, 0.1) is 0 Å². The largest absolute Gasteiger partial charge is 0.368 e. The van der Waals surface area contributed by atoms with E-state index in [1.165, 1.54) is 5.69 Å². The van der Waals surface area contributed by atoms with Crippen molar-refractivity contribution in [1.29, 1.82) is 0 Å². The zero-order valence-corrected chi connectivity index (χ0v) is 20.5. The van der Waals surface area contributed by atoms with Gasteiger partial charge in [-0.05, 0) is 60.8 Å². The van der Waals surface area contributed by atoms with E-state index in [9.17, 15) is 4.79 Å². The third-order valence-corrected chi connectivity index (χ3v) is 7.21. The quantitative estimate of drug-likeness (QED) is 0.545. The zero-order valence-electron chi connectivity index (χ0n) is 19.8. The van der Waals surface area contributed by atoms with Crippen molar-refractivity contribution in [2.24, 2.45) is 0 Å². The number of hydrogen-bond acceptors (Lipinski definition) is 5. The van der Waals surface area contributed by atoms with E-state index in [0.29, 0.717) is 0 Å². The highest BCUT2D eigenvalue weighted by molar-refractivity contribution is 6.30. The number of nitrogens with zero attached hydrogens (tertiary/aromatic N) is 5. The third-order valence-electron chi connectivity index (χ3n) is 6.96. The minimum absolute atomic E-state index is 0.125. The maximum absolute atomic E-state index is 13.3. The molecule has 34 heavy (non-hydrogen) atoms. The first-order chi connectivity index (χ1) is 16.6. The second-order valence-corrected chi connectivity index (χ2v) is 9.59. The smallest absolute Gasteiger partial charge is 0.253 e. The number of aromatic nitrogens is 1. The number of benzene rings is 2. The number of rotatable bonds is 5. The normalized spacial score (nSPS) is 17.4. The molecule has 2 aliphatic rings. The van der Waals surface area contributed by atoms with Crippen LogP contribution in [0.5, 0.6) is 0 Å². The van der Waals surface area contributed by atoms with Crippen LogP contribution in [-0.4, -0.2) is 79.6 Å². The second kappa shape index (κ2) is 10.2. The standard InChI is InChI=1S/C27H32ClN5O/c1-2-11-30-12-14-33(15-13-30)27(34)22-4-3-21-9-10-29-26(25(21)20-22)32-18-16-31(17-19-32)24-7-5-23(28)6-8-24/h3-10,20H,2,11-19H2,1H3. The summed E-state index contributed by atoms with van der Waals surface area (Å²) in [5.74, 6) is 1.09. The van der Waals surface area contributed by atoms with Gasteiger partial charge < -0.3 is 14.7 Å². The predicted octanol–water partition coefficient (Wildman–Crippen LogP) is 4.38. The van der Waals surface area contributed by atoms with Crippen LogP contribution in [0.4, 0.5) is 11.5 Å². The molecule has 0 saturated carbocycles. The van der Waals surface area contributed by atoms with E-state index in [1.54, 1.807) is 0 Å². The molecule has 6 nitrogen and oxygen atoms in total. The van der Waals surface area contributed by atoms with Gasteiger partial charge in [-0.15, -0.1) is 0 Å². The Labute approximate surface area is 206 Å². The molecule has 1 aromatic heterocycles. The fourth-order valence-electron chi connectivity index (χ4n) is 5.04. The van der Waals surface area contributed by atoms with Crippen LogP contribution in [0.3, 0.4) is 0 Å². The number of amides is 1. The van der Waals surface area contributed by atoms with E-state index in [-0.39, 0.29) is 5.91 Å². The van der Waals surface area contributed by atoms with Crippen molar-refractivity contribution >= 4 is 39.8 Å². The Morgan fingerprint density at radius 3 is 2.29 bits per heavy atom. The van der Waals surface area contributed by atoms with Crippen molar-refractivity contribution in [1.82, 2.24) is 14.8 Å². The van der Waals surface area contributed by atoms with Gasteiger partial charge in [0.25, 0.3) is 5.91 Å². The van der Waals surface area contributed by atoms with Gasteiger partial charge in [0, 0.05) is 80.2 Å². The summed E-state index contributed by atoms with van der Waals surface area (Å²) in [5, 5.41) is 2.93. The summed E-state index contributed by atoms with van der Waals surface area (Å²) in [6, 6.07) is 16.1. The van der Waals surface area contributed by atoms with Gasteiger partial charge in [0.2, 0.25) is 0 Å². The van der Waals surface area contributed by atoms with Gasteiger partial charge in [-0.25, -0.2) is 4.98 Å². The Hall–Kier alpha value is -2.83. The van der Waals surface area contributed by atoms with Crippen LogP contribution >= 0.6 is 11.6 Å². The monoisotopic (exact) mass is 477 g/mol. The molecule has 3 heterocycles. The van der Waals surface area contributed by atoms with Gasteiger partial charge in [-0.3, -0.25) is 9.69 Å². The Balaban J connectivity index is 1.31. The highest BCUT2D eigenvalue weighted by Gasteiger charge is 2.24. The van der Waals surface area contributed by atoms with Crippen molar-refractivity contribution < 1.29 is 4.79 Å². The molecule has 0 spiro atoms. The molecule has 1 amide bonds. The Morgan fingerprint density at radius 2 is 1.59 bits per heavy atom. The van der Waals surface area contributed by atoms with Crippen molar-refractivity contribution in [3.63, 3.8) is 0 Å². The van der Waals surface area contributed by atoms with Crippen molar-refractivity contribution in [2.45, 2.75) is 13.3 Å². The van der Waals surface area contributed by atoms with E-state index < -0.39 is 0 Å². The summed E-state index contributed by atoms with van der Waals surface area (Å²) in [4.78, 5) is 27.2. The Kier molecular flexibility index (Phi) is 6.88. The molecule has 5 rings (SSSR count). The topological polar surface area (TPSA) is 42.9 Å². The van der Waals surface area contributed by atoms with Gasteiger partial charge in [0.1, 0.15) is 5.82 Å². The molecule has 0 bridgehead atoms. The lowest BCUT2D eigenvalue weighted by Gasteiger charge is -2.37. The van der Waals surface area contributed by atoms with E-state index in [0.717, 1.165) is 92.5 Å². The maximum Gasteiger partial charge on any atom is 0.253 e. The maximum atomic E-state index is 13.3. The lowest BCUT2D eigenvalue weighted by atomic mass is 10.1. The van der Waals surface area contributed by atoms with Crippen LogP contribution in [0.25, 0.3) is 10.8 Å². The van der Waals surface area contributed by atoms with Crippen molar-refractivity contribution in [3.05, 3.63) is 65.3 Å². The highest BCUT2D eigenvalue weighted by Crippen LogP contribution is 2.28. The molecule has 0 atom stereocenters. The van der Waals surface area contributed by atoms with Crippen LogP contribution in [0.15, 0.2) is 54.7 Å². The first-order valence-electron chi connectivity index (χ1n) is 12.3. The fraction of sp³-hybridized carbons (Fsp3) is 0.407. The number of anilines is 2. The molecule has 0 N–H and O–H groups in total. The summed E-state index contributed by atoms with van der Waals surface area (Å²) in [6.45, 7) is 10.4. The first kappa shape index (κ1) is 22.9. The average molecular weight is 478 g/mol. The molecule has 2 aliphatic heterocycles. The number of carbonyl (C=O) groups is 1. The van der Waals surface area contributed by atoms with E-state index in [1.807, 2.05) is 41.4 Å². The van der Waals surface area contributed by atoms with Crippen LogP contribution in [0.1, 0.15) is 23.7 Å². The number of halogens is 1. The van der Waals surface area contributed by atoms with Crippen LogP contribution in [-0.2, 0) is 0 Å². The molecular weight excluding hydrogens is 446 g/mol. The number of pyridine rings is 1.